The number of halogens is 1. The summed E-state index contributed by atoms with van der Waals surface area (Å²) in [7, 11) is 19.4. The van der Waals surface area contributed by atoms with Gasteiger partial charge in [-0.15, -0.1) is 5.11 Å². The Kier molecular flexibility index (Phi) is 6.17. The van der Waals surface area contributed by atoms with Crippen LogP contribution in [0.2, 0.25) is 5.11 Å². The fraction of sp³-hybridized carbons (Fsp3) is 0.292. The van der Waals surface area contributed by atoms with E-state index in [1.54, 1.807) is 43.2 Å². The van der Waals surface area contributed by atoms with E-state index in [0.717, 1.165) is 5.56 Å². The van der Waals surface area contributed by atoms with E-state index in [1.807, 2.05) is 0 Å². The zero-order chi connectivity index (χ0) is 26.5. The van der Waals surface area contributed by atoms with Crippen molar-refractivity contribution in [3.63, 3.8) is 0 Å². The average Bonchev–Trinajstić information content (AvgIpc) is 3.35. The van der Waals surface area contributed by atoms with Gasteiger partial charge in [0.2, 0.25) is 5.91 Å². The number of benzene rings is 1. The number of rotatable bonds is 3. The molecule has 0 saturated carbocycles. The Morgan fingerprint density at radius 3 is 2.76 bits per heavy atom. The van der Waals surface area contributed by atoms with Gasteiger partial charge in [0.15, 0.2) is 11.6 Å². The molecule has 13 heteroatoms. The maximum atomic E-state index is 14.4. The minimum Gasteiger partial charge on any atom is -0.482 e. The molecular formula is C24H21B3FN7O2. The number of nitrogens with zero attached hydrogens (tertiary/aromatic N) is 6. The molecule has 0 saturated heterocycles. The summed E-state index contributed by atoms with van der Waals surface area (Å²) >= 11 is 0. The topological polar surface area (TPSA) is 99.8 Å². The first-order chi connectivity index (χ1) is 17.5. The standard InChI is InChI=1S/C24H21B3FN7O2/c1-12-18-8-16(28)4-5-17(18)21-19(32-34(3)33-21)6-14-10-30-35(11-24(25,26)27)22(14)15-7-20(37-12)23(29-9-15)31-13(2)36/h4-5,7-10,12H,6,11H2,1-3H3,(H,29,31,36)/t12-/m1/s1. The molecule has 1 atom stereocenters. The number of carbonyl (C=O) groups is 1. The highest BCUT2D eigenvalue weighted by atomic mass is 19.1. The zero-order valence-electron chi connectivity index (χ0n) is 20.6. The summed E-state index contributed by atoms with van der Waals surface area (Å²) in [5.41, 5.74) is 4.54. The van der Waals surface area contributed by atoms with E-state index in [0.29, 0.717) is 40.2 Å². The smallest absolute Gasteiger partial charge is 0.222 e. The third-order valence-corrected chi connectivity index (χ3v) is 5.91. The van der Waals surface area contributed by atoms with Crippen LogP contribution >= 0.6 is 0 Å². The minimum atomic E-state index is -1.53. The molecule has 4 heterocycles. The van der Waals surface area contributed by atoms with Crippen molar-refractivity contribution in [3.8, 4) is 28.3 Å². The molecule has 37 heavy (non-hydrogen) atoms. The SMILES string of the molecule is [B]C([B])([B])Cn1ncc2c1-c1cnc(NC(C)=O)c(c1)O[C@H](C)c1cc(F)ccc1-c1nn(C)nc1C2. The molecule has 0 spiro atoms. The lowest BCUT2D eigenvalue weighted by Crippen LogP contribution is -2.22. The molecule has 0 unspecified atom stereocenters. The van der Waals surface area contributed by atoms with E-state index >= 15 is 0 Å². The zero-order valence-corrected chi connectivity index (χ0v) is 20.6. The number of fused-ring (bicyclic) bond motifs is 7. The van der Waals surface area contributed by atoms with Gasteiger partial charge in [-0.3, -0.25) is 9.48 Å². The predicted octanol–water partition coefficient (Wildman–Crippen LogP) is 2.46. The van der Waals surface area contributed by atoms with E-state index in [2.05, 4.69) is 25.6 Å². The van der Waals surface area contributed by atoms with Crippen molar-refractivity contribution in [2.24, 2.45) is 7.05 Å². The van der Waals surface area contributed by atoms with Gasteiger partial charge in [-0.2, -0.15) is 20.1 Å². The number of pyridine rings is 1. The van der Waals surface area contributed by atoms with Crippen LogP contribution in [-0.2, 0) is 24.8 Å². The van der Waals surface area contributed by atoms with Gasteiger partial charge in [0.1, 0.15) is 17.6 Å². The Hall–Kier alpha value is -3.89. The maximum Gasteiger partial charge on any atom is 0.222 e. The first-order valence-corrected chi connectivity index (χ1v) is 11.5. The van der Waals surface area contributed by atoms with Crippen molar-refractivity contribution in [2.45, 2.75) is 38.0 Å². The van der Waals surface area contributed by atoms with Crippen molar-refractivity contribution in [1.29, 1.82) is 0 Å². The number of hydrogen-bond donors (Lipinski definition) is 1. The van der Waals surface area contributed by atoms with E-state index in [9.17, 15) is 9.18 Å². The molecule has 4 aromatic rings. The summed E-state index contributed by atoms with van der Waals surface area (Å²) < 4.78 is 22.3. The quantitative estimate of drug-likeness (QED) is 0.443. The lowest BCUT2D eigenvalue weighted by atomic mass is 9.43. The molecule has 180 valence electrons. The molecular weight excluding hydrogens is 470 g/mol. The number of hydrogen-bond acceptors (Lipinski definition) is 6. The molecule has 1 N–H and O–H groups in total. The van der Waals surface area contributed by atoms with Crippen molar-refractivity contribution in [1.82, 2.24) is 29.8 Å². The molecule has 1 aromatic carbocycles. The van der Waals surface area contributed by atoms with E-state index < -0.39 is 17.0 Å². The van der Waals surface area contributed by atoms with E-state index in [1.165, 1.54) is 23.9 Å². The maximum absolute atomic E-state index is 14.4. The third kappa shape index (κ3) is 5.03. The summed E-state index contributed by atoms with van der Waals surface area (Å²) in [6.07, 6.45) is 2.97. The highest BCUT2D eigenvalue weighted by Gasteiger charge is 2.26. The first kappa shape index (κ1) is 24.8. The van der Waals surface area contributed by atoms with Crippen LogP contribution in [0.5, 0.6) is 5.75 Å². The molecule has 1 amide bonds. The van der Waals surface area contributed by atoms with Gasteiger partial charge in [0, 0.05) is 55.4 Å². The predicted molar refractivity (Wildman–Crippen MR) is 138 cm³/mol. The van der Waals surface area contributed by atoms with E-state index in [-0.39, 0.29) is 24.0 Å². The number of ether oxygens (including phenoxy) is 1. The number of amides is 1. The van der Waals surface area contributed by atoms with Crippen LogP contribution in [0.1, 0.15) is 36.8 Å². The van der Waals surface area contributed by atoms with Crippen molar-refractivity contribution >= 4 is 35.3 Å². The van der Waals surface area contributed by atoms with Gasteiger partial charge >= 0.3 is 0 Å². The normalized spacial score (nSPS) is 14.9. The first-order valence-electron chi connectivity index (χ1n) is 11.5. The van der Waals surface area contributed by atoms with Gasteiger partial charge in [-0.05, 0) is 31.2 Å². The summed E-state index contributed by atoms with van der Waals surface area (Å²) in [4.78, 5) is 17.8. The third-order valence-electron chi connectivity index (χ3n) is 5.91. The van der Waals surface area contributed by atoms with Gasteiger partial charge in [-0.25, -0.2) is 9.37 Å². The van der Waals surface area contributed by atoms with Gasteiger partial charge < -0.3 is 10.1 Å². The summed E-state index contributed by atoms with van der Waals surface area (Å²) in [6.45, 7) is 3.17. The average molecular weight is 491 g/mol. The molecule has 5 rings (SSSR count). The highest BCUT2D eigenvalue weighted by molar-refractivity contribution is 6.58. The number of carbonyl (C=O) groups excluding carboxylic acids is 1. The van der Waals surface area contributed by atoms with Crippen LogP contribution in [0, 0.1) is 5.82 Å². The van der Waals surface area contributed by atoms with Crippen molar-refractivity contribution in [3.05, 3.63) is 59.3 Å². The largest absolute Gasteiger partial charge is 0.482 e. The minimum absolute atomic E-state index is 0.0117. The fourth-order valence-corrected chi connectivity index (χ4v) is 4.49. The number of anilines is 1. The van der Waals surface area contributed by atoms with E-state index in [4.69, 9.17) is 28.3 Å². The van der Waals surface area contributed by atoms with Crippen LogP contribution in [0.25, 0.3) is 22.5 Å². The van der Waals surface area contributed by atoms with Crippen molar-refractivity contribution < 1.29 is 13.9 Å². The van der Waals surface area contributed by atoms with Gasteiger partial charge in [-0.1, -0.05) is 0 Å². The van der Waals surface area contributed by atoms with Gasteiger partial charge in [0.05, 0.1) is 41.1 Å². The second-order valence-corrected chi connectivity index (χ2v) is 9.19. The molecule has 0 aliphatic carbocycles. The van der Waals surface area contributed by atoms with Crippen LogP contribution in [-0.4, -0.2) is 59.2 Å². The Morgan fingerprint density at radius 1 is 1.24 bits per heavy atom. The molecule has 6 radical (unpaired) electrons. The second-order valence-electron chi connectivity index (χ2n) is 9.19. The Morgan fingerprint density at radius 2 is 2.03 bits per heavy atom. The lowest BCUT2D eigenvalue weighted by molar-refractivity contribution is -0.114. The molecule has 1 aliphatic heterocycles. The molecule has 0 fully saturated rings. The molecule has 9 nitrogen and oxygen atoms in total. The van der Waals surface area contributed by atoms with Crippen LogP contribution in [0.3, 0.4) is 0 Å². The molecule has 2 bridgehead atoms. The Balaban J connectivity index is 1.78. The monoisotopic (exact) mass is 491 g/mol. The van der Waals surface area contributed by atoms with Gasteiger partial charge in [0.25, 0.3) is 0 Å². The number of aromatic nitrogens is 6. The van der Waals surface area contributed by atoms with Crippen LogP contribution in [0.4, 0.5) is 10.2 Å². The lowest BCUT2D eigenvalue weighted by Gasteiger charge is -2.23. The summed E-state index contributed by atoms with van der Waals surface area (Å²) in [5, 5.41) is 14.8. The summed E-state index contributed by atoms with van der Waals surface area (Å²) in [5.74, 6) is -0.233. The van der Waals surface area contributed by atoms with Crippen LogP contribution in [0.15, 0.2) is 36.7 Å². The Bertz CT molecular complexity index is 1510. The number of nitrogens with one attached hydrogen (secondary N) is 1. The molecule has 3 aromatic heterocycles. The second kappa shape index (κ2) is 9.21. The number of aryl methyl sites for hydroxylation is 1. The Labute approximate surface area is 217 Å². The van der Waals surface area contributed by atoms with Crippen LogP contribution < -0.4 is 10.1 Å². The molecule has 1 aliphatic rings. The van der Waals surface area contributed by atoms with Crippen molar-refractivity contribution in [2.75, 3.05) is 5.32 Å². The highest BCUT2D eigenvalue weighted by Crippen LogP contribution is 2.39. The fourth-order valence-electron chi connectivity index (χ4n) is 4.49. The summed E-state index contributed by atoms with van der Waals surface area (Å²) in [6, 6.07) is 6.16.